The first-order valence-corrected chi connectivity index (χ1v) is 4.81. The van der Waals surface area contributed by atoms with Crippen LogP contribution < -0.4 is 5.73 Å². The van der Waals surface area contributed by atoms with Crippen molar-refractivity contribution < 1.29 is 4.39 Å². The lowest BCUT2D eigenvalue weighted by atomic mass is 10.1. The monoisotopic (exact) mass is 216 g/mol. The second-order valence-corrected chi connectivity index (χ2v) is 3.59. The first kappa shape index (κ1) is 8.96. The van der Waals surface area contributed by atoms with Crippen molar-refractivity contribution in [2.24, 2.45) is 0 Å². The third kappa shape index (κ3) is 1.18. The minimum atomic E-state index is -0.305. The lowest BCUT2D eigenvalue weighted by molar-refractivity contribution is 0.633. The summed E-state index contributed by atoms with van der Waals surface area (Å²) >= 11 is 0. The number of anilines is 1. The van der Waals surface area contributed by atoms with Crippen molar-refractivity contribution in [1.29, 1.82) is 0 Å². The van der Waals surface area contributed by atoms with E-state index in [0.717, 1.165) is 10.9 Å². The van der Waals surface area contributed by atoms with Crippen molar-refractivity contribution in [3.05, 3.63) is 36.4 Å². The summed E-state index contributed by atoms with van der Waals surface area (Å²) in [5, 5.41) is 7.20. The normalized spacial score (nSPS) is 11.1. The number of nitrogens with one attached hydrogen (secondary N) is 2. The van der Waals surface area contributed by atoms with E-state index < -0.39 is 0 Å². The number of fused-ring (bicyclic) bond motifs is 1. The van der Waals surface area contributed by atoms with Crippen LogP contribution in [0.25, 0.3) is 22.0 Å². The van der Waals surface area contributed by atoms with Gasteiger partial charge in [-0.2, -0.15) is 5.10 Å². The number of hydrogen-bond acceptors (Lipinski definition) is 2. The van der Waals surface area contributed by atoms with Crippen LogP contribution in [0, 0.1) is 5.82 Å². The van der Waals surface area contributed by atoms with Gasteiger partial charge in [0.25, 0.3) is 0 Å². The molecule has 80 valence electrons. The molecule has 0 saturated heterocycles. The SMILES string of the molecule is Nc1[nH]ncc1-c1cc2[nH]ccc2cc1F. The minimum Gasteiger partial charge on any atom is -0.384 e. The molecular weight excluding hydrogens is 207 g/mol. The Morgan fingerprint density at radius 1 is 1.25 bits per heavy atom. The predicted octanol–water partition coefficient (Wildman–Crippen LogP) is 2.28. The fourth-order valence-corrected chi connectivity index (χ4v) is 1.79. The van der Waals surface area contributed by atoms with Gasteiger partial charge in [-0.15, -0.1) is 0 Å². The number of nitrogen functional groups attached to an aromatic ring is 1. The topological polar surface area (TPSA) is 70.5 Å². The van der Waals surface area contributed by atoms with Gasteiger partial charge in [-0.1, -0.05) is 0 Å². The van der Waals surface area contributed by atoms with E-state index in [4.69, 9.17) is 5.73 Å². The van der Waals surface area contributed by atoms with Gasteiger partial charge in [0.15, 0.2) is 0 Å². The van der Waals surface area contributed by atoms with Crippen molar-refractivity contribution >= 4 is 16.7 Å². The van der Waals surface area contributed by atoms with E-state index in [1.165, 1.54) is 12.3 Å². The Hall–Kier alpha value is -2.30. The van der Waals surface area contributed by atoms with Crippen molar-refractivity contribution in [3.8, 4) is 11.1 Å². The number of nitrogens with two attached hydrogens (primary N) is 1. The molecular formula is C11H9FN4. The fourth-order valence-electron chi connectivity index (χ4n) is 1.79. The minimum absolute atomic E-state index is 0.305. The summed E-state index contributed by atoms with van der Waals surface area (Å²) in [6.45, 7) is 0. The molecule has 0 unspecified atom stereocenters. The average Bonchev–Trinajstić information content (AvgIpc) is 2.85. The quantitative estimate of drug-likeness (QED) is 0.584. The Balaban J connectivity index is 2.30. The van der Waals surface area contributed by atoms with Crippen LogP contribution in [-0.4, -0.2) is 15.2 Å². The van der Waals surface area contributed by atoms with Gasteiger partial charge in [0.1, 0.15) is 11.6 Å². The molecule has 0 saturated carbocycles. The largest absolute Gasteiger partial charge is 0.384 e. The zero-order valence-electron chi connectivity index (χ0n) is 8.29. The van der Waals surface area contributed by atoms with Gasteiger partial charge in [-0.05, 0) is 18.2 Å². The molecule has 2 aromatic heterocycles. The van der Waals surface area contributed by atoms with Crippen LogP contribution in [-0.2, 0) is 0 Å². The number of hydrogen-bond donors (Lipinski definition) is 3. The van der Waals surface area contributed by atoms with Crippen molar-refractivity contribution in [2.45, 2.75) is 0 Å². The van der Waals surface area contributed by atoms with Crippen LogP contribution in [0.2, 0.25) is 0 Å². The molecule has 0 spiro atoms. The molecule has 5 heteroatoms. The Kier molecular flexibility index (Phi) is 1.73. The highest BCUT2D eigenvalue weighted by molar-refractivity contribution is 5.87. The number of aromatic amines is 2. The molecule has 2 heterocycles. The predicted molar refractivity (Wildman–Crippen MR) is 60.3 cm³/mol. The first-order valence-electron chi connectivity index (χ1n) is 4.81. The third-order valence-corrected chi connectivity index (χ3v) is 2.60. The molecule has 0 fully saturated rings. The average molecular weight is 216 g/mol. The van der Waals surface area contributed by atoms with Crippen LogP contribution in [0.5, 0.6) is 0 Å². The maximum Gasteiger partial charge on any atom is 0.131 e. The second kappa shape index (κ2) is 3.10. The Labute approximate surface area is 90.3 Å². The molecule has 16 heavy (non-hydrogen) atoms. The molecule has 0 aliphatic heterocycles. The molecule has 0 amide bonds. The molecule has 0 radical (unpaired) electrons. The van der Waals surface area contributed by atoms with Crippen LogP contribution in [0.3, 0.4) is 0 Å². The summed E-state index contributed by atoms with van der Waals surface area (Å²) in [6.07, 6.45) is 3.29. The summed E-state index contributed by atoms with van der Waals surface area (Å²) in [5.74, 6) is 0.0602. The summed E-state index contributed by atoms with van der Waals surface area (Å²) in [5.41, 5.74) is 7.56. The van der Waals surface area contributed by atoms with E-state index in [1.807, 2.05) is 6.07 Å². The van der Waals surface area contributed by atoms with Crippen LogP contribution in [0.1, 0.15) is 0 Å². The number of halogens is 1. The highest BCUT2D eigenvalue weighted by atomic mass is 19.1. The molecule has 0 aliphatic rings. The second-order valence-electron chi connectivity index (χ2n) is 3.59. The maximum absolute atomic E-state index is 13.8. The van der Waals surface area contributed by atoms with Gasteiger partial charge < -0.3 is 10.7 Å². The van der Waals surface area contributed by atoms with E-state index in [2.05, 4.69) is 15.2 Å². The van der Waals surface area contributed by atoms with Crippen molar-refractivity contribution in [1.82, 2.24) is 15.2 Å². The van der Waals surface area contributed by atoms with Crippen LogP contribution >= 0.6 is 0 Å². The number of benzene rings is 1. The Bertz CT molecular complexity index is 653. The van der Waals surface area contributed by atoms with Gasteiger partial charge >= 0.3 is 0 Å². The van der Waals surface area contributed by atoms with Gasteiger partial charge in [0, 0.05) is 28.2 Å². The molecule has 0 aliphatic carbocycles. The van der Waals surface area contributed by atoms with E-state index in [-0.39, 0.29) is 5.82 Å². The molecule has 4 N–H and O–H groups in total. The summed E-state index contributed by atoms with van der Waals surface area (Å²) < 4.78 is 13.8. The molecule has 1 aromatic carbocycles. The number of nitrogens with zero attached hydrogens (tertiary/aromatic N) is 1. The van der Waals surface area contributed by atoms with Crippen LogP contribution in [0.15, 0.2) is 30.6 Å². The highest BCUT2D eigenvalue weighted by Crippen LogP contribution is 2.29. The Morgan fingerprint density at radius 3 is 2.88 bits per heavy atom. The van der Waals surface area contributed by atoms with E-state index in [1.54, 1.807) is 12.3 Å². The third-order valence-electron chi connectivity index (χ3n) is 2.60. The maximum atomic E-state index is 13.8. The smallest absolute Gasteiger partial charge is 0.131 e. The number of aromatic nitrogens is 3. The zero-order valence-corrected chi connectivity index (χ0v) is 8.29. The first-order chi connectivity index (χ1) is 7.75. The number of rotatable bonds is 1. The molecule has 0 atom stereocenters. The van der Waals surface area contributed by atoms with Crippen molar-refractivity contribution in [3.63, 3.8) is 0 Å². The van der Waals surface area contributed by atoms with E-state index >= 15 is 0 Å². The molecule has 3 rings (SSSR count). The van der Waals surface area contributed by atoms with E-state index in [9.17, 15) is 4.39 Å². The highest BCUT2D eigenvalue weighted by Gasteiger charge is 2.11. The fraction of sp³-hybridized carbons (Fsp3) is 0. The van der Waals surface area contributed by atoms with Gasteiger partial charge in [-0.3, -0.25) is 5.10 Å². The lowest BCUT2D eigenvalue weighted by Crippen LogP contribution is -1.90. The summed E-state index contributed by atoms with van der Waals surface area (Å²) in [4.78, 5) is 3.03. The molecule has 4 nitrogen and oxygen atoms in total. The number of H-pyrrole nitrogens is 2. The van der Waals surface area contributed by atoms with E-state index in [0.29, 0.717) is 16.9 Å². The molecule has 3 aromatic rings. The van der Waals surface area contributed by atoms with Crippen molar-refractivity contribution in [2.75, 3.05) is 5.73 Å². The van der Waals surface area contributed by atoms with Crippen LogP contribution in [0.4, 0.5) is 10.2 Å². The van der Waals surface area contributed by atoms with Gasteiger partial charge in [-0.25, -0.2) is 4.39 Å². The van der Waals surface area contributed by atoms with Gasteiger partial charge in [0.2, 0.25) is 0 Å². The Morgan fingerprint density at radius 2 is 2.12 bits per heavy atom. The lowest BCUT2D eigenvalue weighted by Gasteiger charge is -2.02. The van der Waals surface area contributed by atoms with Gasteiger partial charge in [0.05, 0.1) is 6.20 Å². The molecule has 0 bridgehead atoms. The summed E-state index contributed by atoms with van der Waals surface area (Å²) in [7, 11) is 0. The summed E-state index contributed by atoms with van der Waals surface area (Å²) in [6, 6.07) is 5.03. The standard InChI is InChI=1S/C11H9FN4/c12-9-3-6-1-2-14-10(6)4-7(9)8-5-15-16-11(8)13/h1-5,14H,(H3,13,15,16). The zero-order chi connectivity index (χ0) is 11.1.